The average molecular weight is 487 g/mol. The number of nitrogens with one attached hydrogen (secondary N) is 1. The van der Waals surface area contributed by atoms with Gasteiger partial charge in [0.2, 0.25) is 5.91 Å². The predicted octanol–water partition coefficient (Wildman–Crippen LogP) is 5.47. The van der Waals surface area contributed by atoms with Gasteiger partial charge in [-0.1, -0.05) is 67.6 Å². The second-order valence-electron chi connectivity index (χ2n) is 9.44. The summed E-state index contributed by atoms with van der Waals surface area (Å²) in [5, 5.41) is 3.01. The van der Waals surface area contributed by atoms with E-state index in [1.54, 1.807) is 4.90 Å². The number of hydrogen-bond donors (Lipinski definition) is 1. The summed E-state index contributed by atoms with van der Waals surface area (Å²) in [6, 6.07) is 21.2. The van der Waals surface area contributed by atoms with Gasteiger partial charge in [-0.15, -0.1) is 0 Å². The summed E-state index contributed by atoms with van der Waals surface area (Å²) in [5.41, 5.74) is 6.31. The summed E-state index contributed by atoms with van der Waals surface area (Å²) >= 11 is 0. The molecule has 5 heteroatoms. The van der Waals surface area contributed by atoms with Gasteiger partial charge < -0.3 is 15.0 Å². The quantitative estimate of drug-likeness (QED) is 0.391. The number of nitrogens with zero attached hydrogens (tertiary/aromatic N) is 1. The van der Waals surface area contributed by atoms with Crippen molar-refractivity contribution >= 4 is 11.8 Å². The Kier molecular flexibility index (Phi) is 9.69. The van der Waals surface area contributed by atoms with Crippen LogP contribution in [0.5, 0.6) is 5.75 Å². The minimum absolute atomic E-state index is 0.137. The molecule has 0 aromatic heterocycles. The van der Waals surface area contributed by atoms with Crippen LogP contribution < -0.4 is 10.1 Å². The molecule has 0 unspecified atom stereocenters. The van der Waals surface area contributed by atoms with Gasteiger partial charge in [-0.3, -0.25) is 9.59 Å². The molecule has 1 atom stereocenters. The molecule has 3 aromatic rings. The summed E-state index contributed by atoms with van der Waals surface area (Å²) in [5.74, 6) is 0.335. The van der Waals surface area contributed by atoms with Crippen LogP contribution >= 0.6 is 0 Å². The Morgan fingerprint density at radius 1 is 0.917 bits per heavy atom. The van der Waals surface area contributed by atoms with E-state index in [1.165, 1.54) is 0 Å². The van der Waals surface area contributed by atoms with Crippen LogP contribution in [0.25, 0.3) is 0 Å². The van der Waals surface area contributed by atoms with Gasteiger partial charge in [0, 0.05) is 19.5 Å². The van der Waals surface area contributed by atoms with Gasteiger partial charge in [-0.25, -0.2) is 0 Å². The maximum Gasteiger partial charge on any atom is 0.261 e. The van der Waals surface area contributed by atoms with Crippen molar-refractivity contribution in [2.45, 2.75) is 60.0 Å². The molecule has 0 fully saturated rings. The van der Waals surface area contributed by atoms with Crippen molar-refractivity contribution in [1.29, 1.82) is 0 Å². The second-order valence-corrected chi connectivity index (χ2v) is 9.44. The highest BCUT2D eigenvalue weighted by Crippen LogP contribution is 2.24. The number of benzene rings is 3. The first-order chi connectivity index (χ1) is 17.3. The summed E-state index contributed by atoms with van der Waals surface area (Å²) in [6.45, 7) is 10.8. The van der Waals surface area contributed by atoms with Crippen molar-refractivity contribution in [3.05, 3.63) is 100 Å². The van der Waals surface area contributed by atoms with E-state index in [-0.39, 0.29) is 18.4 Å². The molecule has 0 aliphatic heterocycles. The summed E-state index contributed by atoms with van der Waals surface area (Å²) in [6.07, 6.45) is 1.25. The summed E-state index contributed by atoms with van der Waals surface area (Å²) < 4.78 is 6.05. The molecule has 0 bridgehead atoms. The number of amides is 2. The molecule has 0 radical (unpaired) electrons. The summed E-state index contributed by atoms with van der Waals surface area (Å²) in [7, 11) is 0. The normalized spacial score (nSPS) is 11.6. The molecular weight excluding hydrogens is 448 g/mol. The van der Waals surface area contributed by atoms with Crippen LogP contribution in [-0.4, -0.2) is 35.9 Å². The van der Waals surface area contributed by atoms with Gasteiger partial charge in [0.1, 0.15) is 11.8 Å². The first-order valence-electron chi connectivity index (χ1n) is 12.7. The minimum Gasteiger partial charge on any atom is -0.483 e. The van der Waals surface area contributed by atoms with Crippen LogP contribution in [0.3, 0.4) is 0 Å². The molecule has 36 heavy (non-hydrogen) atoms. The monoisotopic (exact) mass is 486 g/mol. The van der Waals surface area contributed by atoms with Crippen LogP contribution in [0.2, 0.25) is 0 Å². The molecule has 3 aromatic carbocycles. The summed E-state index contributed by atoms with van der Waals surface area (Å²) in [4.78, 5) is 28.8. The van der Waals surface area contributed by atoms with Gasteiger partial charge in [0.15, 0.2) is 6.61 Å². The third kappa shape index (κ3) is 7.20. The van der Waals surface area contributed by atoms with Gasteiger partial charge in [-0.05, 0) is 73.6 Å². The number of ether oxygens (including phenoxy) is 1. The fraction of sp³-hybridized carbons (Fsp3) is 0.355. The largest absolute Gasteiger partial charge is 0.483 e. The number of carbonyl (C=O) groups excluding carboxylic acids is 2. The fourth-order valence-corrected chi connectivity index (χ4v) is 4.26. The van der Waals surface area contributed by atoms with Crippen LogP contribution in [0.15, 0.2) is 66.7 Å². The van der Waals surface area contributed by atoms with E-state index >= 15 is 0 Å². The zero-order chi connectivity index (χ0) is 26.1. The predicted molar refractivity (Wildman–Crippen MR) is 145 cm³/mol. The fourth-order valence-electron chi connectivity index (χ4n) is 4.26. The van der Waals surface area contributed by atoms with Crippen LogP contribution in [0.1, 0.15) is 46.7 Å². The number of rotatable bonds is 11. The maximum atomic E-state index is 13.7. The van der Waals surface area contributed by atoms with Crippen molar-refractivity contribution < 1.29 is 14.3 Å². The zero-order valence-electron chi connectivity index (χ0n) is 22.1. The van der Waals surface area contributed by atoms with E-state index in [0.717, 1.165) is 39.8 Å². The molecule has 0 saturated carbocycles. The molecule has 0 aliphatic carbocycles. The van der Waals surface area contributed by atoms with E-state index in [4.69, 9.17) is 4.74 Å². The average Bonchev–Trinajstić information content (AvgIpc) is 2.87. The van der Waals surface area contributed by atoms with Gasteiger partial charge in [0.05, 0.1) is 0 Å². The zero-order valence-corrected chi connectivity index (χ0v) is 22.1. The number of carbonyl (C=O) groups is 2. The smallest absolute Gasteiger partial charge is 0.261 e. The first kappa shape index (κ1) is 27.0. The molecule has 2 amide bonds. The molecule has 3 rings (SSSR count). The Hall–Kier alpha value is -3.60. The van der Waals surface area contributed by atoms with Crippen LogP contribution in [0.4, 0.5) is 0 Å². The minimum atomic E-state index is -0.657. The molecule has 5 nitrogen and oxygen atoms in total. The topological polar surface area (TPSA) is 58.6 Å². The Bertz CT molecular complexity index is 1170. The van der Waals surface area contributed by atoms with Crippen molar-refractivity contribution in [3.63, 3.8) is 0 Å². The van der Waals surface area contributed by atoms with Gasteiger partial charge >= 0.3 is 0 Å². The van der Waals surface area contributed by atoms with E-state index in [1.807, 2.05) is 95.3 Å². The second kappa shape index (κ2) is 12.9. The van der Waals surface area contributed by atoms with Crippen molar-refractivity contribution in [1.82, 2.24) is 10.2 Å². The van der Waals surface area contributed by atoms with Crippen molar-refractivity contribution in [3.8, 4) is 5.75 Å². The molecule has 1 N–H and O–H groups in total. The molecule has 0 spiro atoms. The molecule has 0 aliphatic rings. The Morgan fingerprint density at radius 2 is 1.61 bits per heavy atom. The third-order valence-electron chi connectivity index (χ3n) is 6.54. The van der Waals surface area contributed by atoms with Crippen LogP contribution in [0, 0.1) is 27.7 Å². The van der Waals surface area contributed by atoms with Crippen LogP contribution in [-0.2, 0) is 22.6 Å². The van der Waals surface area contributed by atoms with E-state index < -0.39 is 6.04 Å². The molecule has 0 saturated heterocycles. The third-order valence-corrected chi connectivity index (χ3v) is 6.54. The highest BCUT2D eigenvalue weighted by atomic mass is 16.5. The first-order valence-corrected chi connectivity index (χ1v) is 12.7. The lowest BCUT2D eigenvalue weighted by Gasteiger charge is -2.32. The lowest BCUT2D eigenvalue weighted by molar-refractivity contribution is -0.142. The molecular formula is C31H38N2O3. The highest BCUT2D eigenvalue weighted by molar-refractivity contribution is 5.88. The van der Waals surface area contributed by atoms with E-state index in [9.17, 15) is 9.59 Å². The van der Waals surface area contributed by atoms with Crippen molar-refractivity contribution in [2.75, 3.05) is 13.2 Å². The Morgan fingerprint density at radius 3 is 2.31 bits per heavy atom. The number of aryl methyl sites for hydroxylation is 3. The van der Waals surface area contributed by atoms with Gasteiger partial charge in [0.25, 0.3) is 5.91 Å². The Labute approximate surface area is 215 Å². The molecule has 190 valence electrons. The highest BCUT2D eigenvalue weighted by Gasteiger charge is 2.31. The van der Waals surface area contributed by atoms with E-state index in [0.29, 0.717) is 25.3 Å². The standard InChI is InChI=1S/C31H38N2O3/c1-6-16-32-31(35)28(19-26-13-8-7-9-14-26)33(20-27-15-11-10-12-23(27)3)30(34)21-36-29-18-22(2)17-24(4)25(29)5/h7-15,17-18,28H,6,16,19-21H2,1-5H3,(H,32,35)/t28-/m1/s1. The van der Waals surface area contributed by atoms with Gasteiger partial charge in [-0.2, -0.15) is 0 Å². The number of hydrogen-bond acceptors (Lipinski definition) is 3. The molecule has 0 heterocycles. The lowest BCUT2D eigenvalue weighted by Crippen LogP contribution is -2.51. The van der Waals surface area contributed by atoms with Crippen molar-refractivity contribution in [2.24, 2.45) is 0 Å². The maximum absolute atomic E-state index is 13.7. The Balaban J connectivity index is 1.93. The SMILES string of the molecule is CCCNC(=O)[C@@H](Cc1ccccc1)N(Cc1ccccc1C)C(=O)COc1cc(C)cc(C)c1C. The van der Waals surface area contributed by atoms with E-state index in [2.05, 4.69) is 11.4 Å². The lowest BCUT2D eigenvalue weighted by atomic mass is 10.0.